The average molecular weight is 476 g/mol. The van der Waals surface area contributed by atoms with Gasteiger partial charge in [-0.05, 0) is 35.9 Å². The van der Waals surface area contributed by atoms with E-state index in [1.165, 1.54) is 21.3 Å². The first-order valence-electron chi connectivity index (χ1n) is 10.6. The summed E-state index contributed by atoms with van der Waals surface area (Å²) in [7, 11) is 7.98. The van der Waals surface area contributed by atoms with E-state index in [-0.39, 0.29) is 11.3 Å². The molecule has 35 heavy (non-hydrogen) atoms. The largest absolute Gasteiger partial charge is 0.493 e. The van der Waals surface area contributed by atoms with Crippen LogP contribution in [0.4, 0.5) is 0 Å². The van der Waals surface area contributed by atoms with Crippen molar-refractivity contribution in [3.05, 3.63) is 59.8 Å². The Morgan fingerprint density at radius 2 is 1.57 bits per heavy atom. The van der Waals surface area contributed by atoms with Gasteiger partial charge < -0.3 is 28.6 Å². The van der Waals surface area contributed by atoms with Gasteiger partial charge in [-0.15, -0.1) is 0 Å². The molecule has 2 aromatic carbocycles. The van der Waals surface area contributed by atoms with E-state index in [4.69, 9.17) is 18.9 Å². The van der Waals surface area contributed by atoms with Gasteiger partial charge in [-0.2, -0.15) is 0 Å². The maximum absolute atomic E-state index is 12.6. The number of carboxylic acids is 1. The van der Waals surface area contributed by atoms with Gasteiger partial charge in [-0.1, -0.05) is 6.07 Å². The van der Waals surface area contributed by atoms with Gasteiger partial charge in [0.05, 0.1) is 45.2 Å². The Labute approximate surface area is 202 Å². The number of methoxy groups -OCH3 is 4. The highest BCUT2D eigenvalue weighted by atomic mass is 16.5. The summed E-state index contributed by atoms with van der Waals surface area (Å²) in [4.78, 5) is 21.6. The molecular formula is C26H25N3O6. The molecule has 0 amide bonds. The number of pyridine rings is 1. The third-order valence-corrected chi connectivity index (χ3v) is 5.65. The molecule has 0 saturated heterocycles. The summed E-state index contributed by atoms with van der Waals surface area (Å²) in [6, 6.07) is 8.71. The molecule has 0 aliphatic heterocycles. The number of aryl methyl sites for hydroxylation is 1. The van der Waals surface area contributed by atoms with E-state index < -0.39 is 5.97 Å². The van der Waals surface area contributed by atoms with Crippen LogP contribution >= 0.6 is 0 Å². The molecular weight excluding hydrogens is 450 g/mol. The molecule has 9 nitrogen and oxygen atoms in total. The monoisotopic (exact) mass is 475 g/mol. The number of carbonyl (C=O) groups is 1. The molecule has 0 unspecified atom stereocenters. The van der Waals surface area contributed by atoms with Crippen LogP contribution in [0.25, 0.3) is 34.2 Å². The van der Waals surface area contributed by atoms with Gasteiger partial charge >= 0.3 is 5.97 Å². The van der Waals surface area contributed by atoms with Crippen LogP contribution in [-0.2, 0) is 7.05 Å². The van der Waals surface area contributed by atoms with Crippen LogP contribution in [-0.4, -0.2) is 54.1 Å². The van der Waals surface area contributed by atoms with Crippen molar-refractivity contribution in [1.82, 2.24) is 14.5 Å². The van der Waals surface area contributed by atoms with E-state index >= 15 is 0 Å². The molecule has 2 heterocycles. The van der Waals surface area contributed by atoms with E-state index in [2.05, 4.69) is 9.97 Å². The van der Waals surface area contributed by atoms with Crippen molar-refractivity contribution in [2.24, 2.45) is 7.05 Å². The number of hydrogen-bond donors (Lipinski definition) is 1. The second-order valence-electron chi connectivity index (χ2n) is 7.58. The highest BCUT2D eigenvalue weighted by Gasteiger charge is 2.23. The minimum Gasteiger partial charge on any atom is -0.493 e. The first-order valence-corrected chi connectivity index (χ1v) is 10.6. The van der Waals surface area contributed by atoms with Crippen molar-refractivity contribution in [2.45, 2.75) is 0 Å². The highest BCUT2D eigenvalue weighted by Crippen LogP contribution is 2.41. The summed E-state index contributed by atoms with van der Waals surface area (Å²) >= 11 is 0. The number of imidazole rings is 1. The minimum absolute atomic E-state index is 0.0300. The highest BCUT2D eigenvalue weighted by molar-refractivity contribution is 6.09. The Hall–Kier alpha value is -4.53. The summed E-state index contributed by atoms with van der Waals surface area (Å²) in [6.45, 7) is 0. The molecule has 4 rings (SSSR count). The predicted octanol–water partition coefficient (Wildman–Crippen LogP) is 4.54. The normalized spacial score (nSPS) is 11.1. The van der Waals surface area contributed by atoms with Crippen LogP contribution in [0.15, 0.2) is 42.7 Å². The molecule has 0 saturated carbocycles. The zero-order chi connectivity index (χ0) is 25.1. The third kappa shape index (κ3) is 4.35. The van der Waals surface area contributed by atoms with Crippen LogP contribution in [0.1, 0.15) is 21.9 Å². The molecule has 0 bridgehead atoms. The summed E-state index contributed by atoms with van der Waals surface area (Å²) in [6.07, 6.45) is 6.83. The van der Waals surface area contributed by atoms with Crippen molar-refractivity contribution >= 4 is 29.0 Å². The zero-order valence-electron chi connectivity index (χ0n) is 20.0. The molecule has 0 aliphatic rings. The molecule has 0 atom stereocenters. The summed E-state index contributed by atoms with van der Waals surface area (Å²) < 4.78 is 23.6. The molecule has 0 aliphatic carbocycles. The Bertz CT molecular complexity index is 1440. The van der Waals surface area contributed by atoms with E-state index in [0.717, 1.165) is 0 Å². The number of fused-ring (bicyclic) bond motifs is 1. The number of rotatable bonds is 8. The van der Waals surface area contributed by atoms with Gasteiger partial charge in [0.15, 0.2) is 23.0 Å². The third-order valence-electron chi connectivity index (χ3n) is 5.65. The fourth-order valence-electron chi connectivity index (χ4n) is 3.93. The molecule has 0 radical (unpaired) electrons. The van der Waals surface area contributed by atoms with Gasteiger partial charge in [-0.3, -0.25) is 0 Å². The lowest BCUT2D eigenvalue weighted by Crippen LogP contribution is -2.07. The first kappa shape index (κ1) is 23.6. The Balaban J connectivity index is 2.09. The summed E-state index contributed by atoms with van der Waals surface area (Å²) in [5.41, 5.74) is 1.92. The van der Waals surface area contributed by atoms with Crippen molar-refractivity contribution in [3.8, 4) is 34.1 Å². The van der Waals surface area contributed by atoms with Crippen molar-refractivity contribution in [1.29, 1.82) is 0 Å². The topological polar surface area (TPSA) is 105 Å². The molecule has 2 aromatic heterocycles. The second kappa shape index (κ2) is 9.76. The lowest BCUT2D eigenvalue weighted by atomic mass is 9.93. The van der Waals surface area contributed by atoms with E-state index in [1.54, 1.807) is 62.0 Å². The van der Waals surface area contributed by atoms with Crippen molar-refractivity contribution < 1.29 is 28.8 Å². The number of aromatic carboxylic acids is 1. The van der Waals surface area contributed by atoms with Gasteiger partial charge in [0.1, 0.15) is 5.82 Å². The maximum atomic E-state index is 12.6. The number of benzene rings is 2. The molecule has 1 N–H and O–H groups in total. The van der Waals surface area contributed by atoms with Crippen LogP contribution in [0.5, 0.6) is 23.0 Å². The number of ether oxygens (including phenoxy) is 4. The lowest BCUT2D eigenvalue weighted by molar-refractivity contribution is 0.0697. The maximum Gasteiger partial charge on any atom is 0.338 e. The summed E-state index contributed by atoms with van der Waals surface area (Å²) in [5, 5.41) is 10.9. The quantitative estimate of drug-likeness (QED) is 0.396. The number of aromatic nitrogens is 3. The SMILES string of the molecule is COc1ccc(-c2c(C(=O)O)c(/C=C\c3nccn3C)nc3cc(OC)c(OC)cc23)cc1OC. The van der Waals surface area contributed by atoms with Crippen LogP contribution < -0.4 is 18.9 Å². The molecule has 9 heteroatoms. The molecule has 180 valence electrons. The van der Waals surface area contributed by atoms with Crippen LogP contribution in [0.2, 0.25) is 0 Å². The van der Waals surface area contributed by atoms with Gasteiger partial charge in [0, 0.05) is 36.5 Å². The number of nitrogens with zero attached hydrogens (tertiary/aromatic N) is 3. The van der Waals surface area contributed by atoms with Crippen molar-refractivity contribution in [2.75, 3.05) is 28.4 Å². The Morgan fingerprint density at radius 3 is 2.17 bits per heavy atom. The predicted molar refractivity (Wildman–Crippen MR) is 132 cm³/mol. The van der Waals surface area contributed by atoms with E-state index in [9.17, 15) is 9.90 Å². The first-order chi connectivity index (χ1) is 16.9. The van der Waals surface area contributed by atoms with E-state index in [0.29, 0.717) is 50.9 Å². The van der Waals surface area contributed by atoms with E-state index in [1.807, 2.05) is 11.6 Å². The Morgan fingerprint density at radius 1 is 0.914 bits per heavy atom. The van der Waals surface area contributed by atoms with Crippen LogP contribution in [0.3, 0.4) is 0 Å². The molecule has 0 fully saturated rings. The molecule has 4 aromatic rings. The van der Waals surface area contributed by atoms with Crippen LogP contribution in [0, 0.1) is 0 Å². The fraction of sp³-hybridized carbons (Fsp3) is 0.192. The lowest BCUT2D eigenvalue weighted by Gasteiger charge is -2.17. The average Bonchev–Trinajstić information content (AvgIpc) is 3.29. The van der Waals surface area contributed by atoms with Gasteiger partial charge in [0.25, 0.3) is 0 Å². The fourth-order valence-corrected chi connectivity index (χ4v) is 3.93. The van der Waals surface area contributed by atoms with Gasteiger partial charge in [-0.25, -0.2) is 14.8 Å². The van der Waals surface area contributed by atoms with Crippen molar-refractivity contribution in [3.63, 3.8) is 0 Å². The Kier molecular flexibility index (Phi) is 6.59. The second-order valence-corrected chi connectivity index (χ2v) is 7.58. The summed E-state index contributed by atoms with van der Waals surface area (Å²) in [5.74, 6) is 1.46. The standard InChI is InChI=1S/C26H25N3O6/c1-29-11-10-27-23(29)9-7-17-25(26(30)31)24(15-6-8-19(32-2)20(12-15)33-3)16-13-21(34-4)22(35-5)14-18(16)28-17/h6-14H,1-5H3,(H,30,31)/b9-7-. The van der Waals surface area contributed by atoms with Gasteiger partial charge in [0.2, 0.25) is 0 Å². The number of carboxylic acid groups (broad SMARTS) is 1. The zero-order valence-corrected chi connectivity index (χ0v) is 20.0. The minimum atomic E-state index is -1.13. The smallest absolute Gasteiger partial charge is 0.338 e. The number of hydrogen-bond acceptors (Lipinski definition) is 7. The molecule has 0 spiro atoms.